The van der Waals surface area contributed by atoms with Crippen LogP contribution in [0.2, 0.25) is 0 Å². The van der Waals surface area contributed by atoms with Gasteiger partial charge in [0.25, 0.3) is 0 Å². The van der Waals surface area contributed by atoms with E-state index in [9.17, 15) is 4.79 Å². The normalized spacial score (nSPS) is 23.4. The lowest BCUT2D eigenvalue weighted by Crippen LogP contribution is -2.51. The fourth-order valence-corrected chi connectivity index (χ4v) is 3.61. The zero-order valence-electron chi connectivity index (χ0n) is 15.1. The van der Waals surface area contributed by atoms with Crippen LogP contribution in [0.15, 0.2) is 30.3 Å². The summed E-state index contributed by atoms with van der Waals surface area (Å²) in [5.74, 6) is 0. The summed E-state index contributed by atoms with van der Waals surface area (Å²) in [5.41, 5.74) is 1.28. The van der Waals surface area contributed by atoms with Gasteiger partial charge >= 0.3 is 6.03 Å². The Hall–Kier alpha value is -1.63. The molecule has 138 valence electrons. The molecule has 2 N–H and O–H groups in total. The molecule has 2 aliphatic heterocycles. The third-order valence-corrected chi connectivity index (χ3v) is 5.03. The summed E-state index contributed by atoms with van der Waals surface area (Å²) in [5, 5.41) is 5.86. The Morgan fingerprint density at radius 3 is 3.00 bits per heavy atom. The van der Waals surface area contributed by atoms with E-state index < -0.39 is 0 Å². The molecule has 0 bridgehead atoms. The molecule has 0 aromatic heterocycles. The van der Waals surface area contributed by atoms with E-state index in [4.69, 9.17) is 4.74 Å². The first-order valence-corrected chi connectivity index (χ1v) is 9.30. The number of carbonyl (C=O) groups excluding carboxylic acids is 1. The highest BCUT2D eigenvalue weighted by molar-refractivity contribution is 5.73. The van der Waals surface area contributed by atoms with Crippen LogP contribution >= 0.6 is 0 Å². The fourth-order valence-electron chi connectivity index (χ4n) is 3.61. The molecular formula is C19H30N4O2. The molecule has 6 heteroatoms. The lowest BCUT2D eigenvalue weighted by atomic mass is 10.2. The third-order valence-electron chi connectivity index (χ3n) is 5.03. The summed E-state index contributed by atoms with van der Waals surface area (Å²) in [7, 11) is 2.06. The van der Waals surface area contributed by atoms with Gasteiger partial charge in [-0.3, -0.25) is 4.90 Å². The van der Waals surface area contributed by atoms with Crippen molar-refractivity contribution < 1.29 is 9.53 Å². The Kier molecular flexibility index (Phi) is 6.67. The van der Waals surface area contributed by atoms with Crippen molar-refractivity contribution in [2.24, 2.45) is 0 Å². The predicted octanol–water partition coefficient (Wildman–Crippen LogP) is 1.28. The molecule has 0 unspecified atom stereocenters. The van der Waals surface area contributed by atoms with Gasteiger partial charge in [0.2, 0.25) is 0 Å². The number of nitrogens with one attached hydrogen (secondary N) is 2. The molecule has 6 nitrogen and oxygen atoms in total. The van der Waals surface area contributed by atoms with Gasteiger partial charge in [0.15, 0.2) is 0 Å². The molecule has 3 rings (SSSR count). The fraction of sp³-hybridized carbons (Fsp3) is 0.632. The van der Waals surface area contributed by atoms with Crippen molar-refractivity contribution in [1.29, 1.82) is 0 Å². The van der Waals surface area contributed by atoms with Gasteiger partial charge in [-0.1, -0.05) is 30.3 Å². The summed E-state index contributed by atoms with van der Waals surface area (Å²) in [6.45, 7) is 5.83. The minimum Gasteiger partial charge on any atom is -0.373 e. The van der Waals surface area contributed by atoms with Crippen molar-refractivity contribution in [1.82, 2.24) is 20.4 Å². The van der Waals surface area contributed by atoms with Gasteiger partial charge in [-0.25, -0.2) is 4.79 Å². The minimum absolute atomic E-state index is 0.111. The van der Waals surface area contributed by atoms with Crippen LogP contribution < -0.4 is 10.6 Å². The SMILES string of the molecule is CN(CCNC(=O)NC[C@@H]1CN2CCC[C@@H]2CO1)Cc1ccccc1. The van der Waals surface area contributed by atoms with E-state index in [-0.39, 0.29) is 12.1 Å². The smallest absolute Gasteiger partial charge is 0.314 e. The quantitative estimate of drug-likeness (QED) is 0.781. The second kappa shape index (κ2) is 9.17. The number of hydrogen-bond donors (Lipinski definition) is 2. The van der Waals surface area contributed by atoms with E-state index in [2.05, 4.69) is 39.6 Å². The van der Waals surface area contributed by atoms with Gasteiger partial charge in [0.05, 0.1) is 12.7 Å². The number of morpholine rings is 1. The van der Waals surface area contributed by atoms with E-state index in [1.165, 1.54) is 24.9 Å². The Balaban J connectivity index is 1.27. The Morgan fingerprint density at radius 1 is 1.32 bits per heavy atom. The zero-order chi connectivity index (χ0) is 17.5. The van der Waals surface area contributed by atoms with E-state index in [1.807, 2.05) is 18.2 Å². The summed E-state index contributed by atoms with van der Waals surface area (Å²) >= 11 is 0. The monoisotopic (exact) mass is 346 g/mol. The van der Waals surface area contributed by atoms with E-state index in [0.29, 0.717) is 19.1 Å². The number of likely N-dealkylation sites (N-methyl/N-ethyl adjacent to an activating group) is 1. The summed E-state index contributed by atoms with van der Waals surface area (Å²) in [4.78, 5) is 16.6. The van der Waals surface area contributed by atoms with Crippen LogP contribution in [-0.2, 0) is 11.3 Å². The molecule has 0 radical (unpaired) electrons. The zero-order valence-corrected chi connectivity index (χ0v) is 15.1. The average Bonchev–Trinajstić information content (AvgIpc) is 3.08. The highest BCUT2D eigenvalue weighted by atomic mass is 16.5. The van der Waals surface area contributed by atoms with Crippen LogP contribution in [0.5, 0.6) is 0 Å². The number of amides is 2. The summed E-state index contributed by atoms with van der Waals surface area (Å²) < 4.78 is 5.86. The average molecular weight is 346 g/mol. The number of carbonyl (C=O) groups is 1. The second-order valence-electron chi connectivity index (χ2n) is 7.11. The maximum Gasteiger partial charge on any atom is 0.314 e. The largest absolute Gasteiger partial charge is 0.373 e. The topological polar surface area (TPSA) is 56.8 Å². The number of urea groups is 1. The molecule has 25 heavy (non-hydrogen) atoms. The van der Waals surface area contributed by atoms with Crippen molar-refractivity contribution in [2.75, 3.05) is 46.4 Å². The van der Waals surface area contributed by atoms with Gasteiger partial charge < -0.3 is 20.3 Å². The summed E-state index contributed by atoms with van der Waals surface area (Å²) in [6, 6.07) is 10.8. The van der Waals surface area contributed by atoms with Gasteiger partial charge in [-0.05, 0) is 32.0 Å². The number of hydrogen-bond acceptors (Lipinski definition) is 4. The Bertz CT molecular complexity index is 539. The molecule has 0 saturated carbocycles. The van der Waals surface area contributed by atoms with Crippen LogP contribution in [0.3, 0.4) is 0 Å². The van der Waals surface area contributed by atoms with Gasteiger partial charge in [0, 0.05) is 38.8 Å². The van der Waals surface area contributed by atoms with E-state index in [1.54, 1.807) is 0 Å². The number of nitrogens with zero attached hydrogens (tertiary/aromatic N) is 2. The van der Waals surface area contributed by atoms with Crippen LogP contribution in [0.4, 0.5) is 4.79 Å². The Morgan fingerprint density at radius 2 is 2.16 bits per heavy atom. The first-order valence-electron chi connectivity index (χ1n) is 9.30. The van der Waals surface area contributed by atoms with Crippen molar-refractivity contribution in [3.05, 3.63) is 35.9 Å². The summed E-state index contributed by atoms with van der Waals surface area (Å²) in [6.07, 6.45) is 2.63. The molecule has 0 aliphatic carbocycles. The molecule has 2 heterocycles. The van der Waals surface area contributed by atoms with Gasteiger partial charge in [0.1, 0.15) is 0 Å². The number of rotatable bonds is 7. The molecule has 2 amide bonds. The molecule has 2 atom stereocenters. The molecule has 0 spiro atoms. The van der Waals surface area contributed by atoms with Crippen LogP contribution in [0.25, 0.3) is 0 Å². The lowest BCUT2D eigenvalue weighted by Gasteiger charge is -2.35. The molecule has 1 aromatic carbocycles. The molecule has 2 fully saturated rings. The van der Waals surface area contributed by atoms with E-state index >= 15 is 0 Å². The maximum atomic E-state index is 11.9. The van der Waals surface area contributed by atoms with Crippen molar-refractivity contribution in [2.45, 2.75) is 31.5 Å². The first-order chi connectivity index (χ1) is 12.2. The van der Waals surface area contributed by atoms with E-state index in [0.717, 1.165) is 26.2 Å². The third kappa shape index (κ3) is 5.70. The standard InChI is InChI=1S/C19H30N4O2/c1-22(13-16-6-3-2-4-7-16)11-9-20-19(24)21-12-18-14-23-10-5-8-17(23)15-25-18/h2-4,6-7,17-18H,5,8-15H2,1H3,(H2,20,21,24)/t17-,18-/m1/s1. The van der Waals surface area contributed by atoms with Crippen molar-refractivity contribution in [3.63, 3.8) is 0 Å². The molecule has 2 saturated heterocycles. The molecule has 2 aliphatic rings. The predicted molar refractivity (Wildman–Crippen MR) is 98.5 cm³/mol. The highest BCUT2D eigenvalue weighted by Crippen LogP contribution is 2.22. The molecule has 1 aromatic rings. The van der Waals surface area contributed by atoms with Gasteiger partial charge in [-0.15, -0.1) is 0 Å². The lowest BCUT2D eigenvalue weighted by molar-refractivity contribution is -0.0457. The number of fused-ring (bicyclic) bond motifs is 1. The number of benzene rings is 1. The Labute approximate surface area is 150 Å². The first kappa shape index (κ1) is 18.2. The van der Waals surface area contributed by atoms with Crippen molar-refractivity contribution in [3.8, 4) is 0 Å². The van der Waals surface area contributed by atoms with Crippen LogP contribution in [0.1, 0.15) is 18.4 Å². The second-order valence-corrected chi connectivity index (χ2v) is 7.11. The van der Waals surface area contributed by atoms with Crippen LogP contribution in [-0.4, -0.2) is 74.4 Å². The maximum absolute atomic E-state index is 11.9. The minimum atomic E-state index is -0.111. The van der Waals surface area contributed by atoms with Gasteiger partial charge in [-0.2, -0.15) is 0 Å². The number of ether oxygens (including phenoxy) is 1. The molecular weight excluding hydrogens is 316 g/mol. The highest BCUT2D eigenvalue weighted by Gasteiger charge is 2.32. The van der Waals surface area contributed by atoms with Crippen molar-refractivity contribution >= 4 is 6.03 Å². The van der Waals surface area contributed by atoms with Crippen LogP contribution in [0, 0.1) is 0 Å².